The molecule has 11 heteroatoms. The fourth-order valence-corrected chi connectivity index (χ4v) is 4.13. The Hall–Kier alpha value is -2.92. The SMILES string of the molecule is COc1ccc(-c2nnc(SCc3nc(N)nc(N(C)C)n3)n2CC2CCCO2)cc1. The number of nitrogen functional groups attached to an aromatic ring is 1. The van der Waals surface area contributed by atoms with Crippen molar-refractivity contribution < 1.29 is 9.47 Å². The Bertz CT molecular complexity index is 1020. The van der Waals surface area contributed by atoms with Gasteiger partial charge in [-0.1, -0.05) is 11.8 Å². The largest absolute Gasteiger partial charge is 0.497 e. The third-order valence-corrected chi connectivity index (χ3v) is 5.86. The molecule has 3 aromatic rings. The third-order valence-electron chi connectivity index (χ3n) is 4.89. The van der Waals surface area contributed by atoms with Crippen LogP contribution < -0.4 is 15.4 Å². The Morgan fingerprint density at radius 2 is 2.00 bits per heavy atom. The van der Waals surface area contributed by atoms with Crippen LogP contribution >= 0.6 is 11.8 Å². The van der Waals surface area contributed by atoms with Crippen LogP contribution in [0, 0.1) is 0 Å². The van der Waals surface area contributed by atoms with Gasteiger partial charge in [0.05, 0.1) is 25.5 Å². The topological polar surface area (TPSA) is 117 Å². The van der Waals surface area contributed by atoms with E-state index in [-0.39, 0.29) is 12.1 Å². The molecule has 0 amide bonds. The molecule has 1 aliphatic rings. The minimum Gasteiger partial charge on any atom is -0.497 e. The molecule has 0 aliphatic carbocycles. The van der Waals surface area contributed by atoms with Crippen molar-refractivity contribution in [2.45, 2.75) is 36.4 Å². The van der Waals surface area contributed by atoms with Crippen LogP contribution in [0.15, 0.2) is 29.4 Å². The Labute approximate surface area is 185 Å². The van der Waals surface area contributed by atoms with E-state index in [1.807, 2.05) is 38.4 Å². The van der Waals surface area contributed by atoms with Gasteiger partial charge in [0, 0.05) is 26.3 Å². The lowest BCUT2D eigenvalue weighted by atomic mass is 10.2. The predicted molar refractivity (Wildman–Crippen MR) is 119 cm³/mol. The predicted octanol–water partition coefficient (Wildman–Crippen LogP) is 2.26. The van der Waals surface area contributed by atoms with Gasteiger partial charge in [-0.15, -0.1) is 10.2 Å². The molecule has 2 N–H and O–H groups in total. The molecule has 3 heterocycles. The highest BCUT2D eigenvalue weighted by Gasteiger charge is 2.22. The number of nitrogens with zero attached hydrogens (tertiary/aromatic N) is 7. The van der Waals surface area contributed by atoms with Crippen molar-refractivity contribution >= 4 is 23.7 Å². The van der Waals surface area contributed by atoms with Gasteiger partial charge < -0.3 is 20.1 Å². The normalized spacial score (nSPS) is 15.9. The lowest BCUT2D eigenvalue weighted by Gasteiger charge is -2.15. The smallest absolute Gasteiger partial charge is 0.229 e. The van der Waals surface area contributed by atoms with Crippen LogP contribution in [0.5, 0.6) is 5.75 Å². The van der Waals surface area contributed by atoms with Crippen molar-refractivity contribution in [3.8, 4) is 17.1 Å². The molecule has 2 aromatic heterocycles. The molecule has 4 rings (SSSR count). The summed E-state index contributed by atoms with van der Waals surface area (Å²) in [4.78, 5) is 14.7. The second kappa shape index (κ2) is 9.48. The van der Waals surface area contributed by atoms with Gasteiger partial charge >= 0.3 is 0 Å². The monoisotopic (exact) mass is 442 g/mol. The average molecular weight is 443 g/mol. The first-order valence-electron chi connectivity index (χ1n) is 10.0. The standard InChI is InChI=1S/C20H26N8O2S/c1-27(2)19-23-16(22-18(21)24-19)12-31-20-26-25-17(13-6-8-14(29-3)9-7-13)28(20)11-15-5-4-10-30-15/h6-9,15H,4-5,10-12H2,1-3H3,(H2,21,22,23,24). The number of hydrogen-bond acceptors (Lipinski definition) is 10. The molecule has 0 spiro atoms. The highest BCUT2D eigenvalue weighted by molar-refractivity contribution is 7.98. The van der Waals surface area contributed by atoms with E-state index in [1.54, 1.807) is 12.0 Å². The van der Waals surface area contributed by atoms with Crippen molar-refractivity contribution in [1.29, 1.82) is 0 Å². The highest BCUT2D eigenvalue weighted by atomic mass is 32.2. The van der Waals surface area contributed by atoms with Gasteiger partial charge in [-0.3, -0.25) is 4.57 Å². The second-order valence-electron chi connectivity index (χ2n) is 7.37. The quantitative estimate of drug-likeness (QED) is 0.521. The van der Waals surface area contributed by atoms with E-state index < -0.39 is 0 Å². The fraction of sp³-hybridized carbons (Fsp3) is 0.450. The van der Waals surface area contributed by atoms with Gasteiger partial charge in [0.15, 0.2) is 11.0 Å². The Balaban J connectivity index is 1.60. The van der Waals surface area contributed by atoms with Gasteiger partial charge in [0.1, 0.15) is 11.6 Å². The minimum absolute atomic E-state index is 0.153. The number of ether oxygens (including phenoxy) is 2. The number of nitrogens with two attached hydrogens (primary N) is 1. The zero-order chi connectivity index (χ0) is 21.8. The van der Waals surface area contributed by atoms with Crippen molar-refractivity contribution in [2.75, 3.05) is 38.4 Å². The number of aromatic nitrogens is 6. The molecule has 0 saturated carbocycles. The van der Waals surface area contributed by atoms with E-state index in [1.165, 1.54) is 11.8 Å². The number of benzene rings is 1. The summed E-state index contributed by atoms with van der Waals surface area (Å²) in [5.74, 6) is 3.42. The first-order chi connectivity index (χ1) is 15.0. The maximum atomic E-state index is 5.87. The zero-order valence-corrected chi connectivity index (χ0v) is 18.7. The van der Waals surface area contributed by atoms with Crippen LogP contribution in [0.4, 0.5) is 11.9 Å². The van der Waals surface area contributed by atoms with Gasteiger partial charge in [-0.05, 0) is 37.1 Å². The van der Waals surface area contributed by atoms with Crippen molar-refractivity contribution in [1.82, 2.24) is 29.7 Å². The first-order valence-corrected chi connectivity index (χ1v) is 11.0. The maximum absolute atomic E-state index is 5.87. The summed E-state index contributed by atoms with van der Waals surface area (Å²) in [6, 6.07) is 7.81. The lowest BCUT2D eigenvalue weighted by molar-refractivity contribution is 0.0953. The molecule has 10 nitrogen and oxygen atoms in total. The number of thioether (sulfide) groups is 1. The number of rotatable bonds is 8. The summed E-state index contributed by atoms with van der Waals surface area (Å²) in [5.41, 5.74) is 6.82. The molecular formula is C20H26N8O2S. The van der Waals surface area contributed by atoms with Crippen molar-refractivity contribution in [3.63, 3.8) is 0 Å². The molecule has 31 heavy (non-hydrogen) atoms. The van der Waals surface area contributed by atoms with Crippen molar-refractivity contribution in [2.24, 2.45) is 0 Å². The van der Waals surface area contributed by atoms with Crippen LogP contribution in [0.2, 0.25) is 0 Å². The van der Waals surface area contributed by atoms with E-state index in [0.717, 1.165) is 41.7 Å². The Kier molecular flexibility index (Phi) is 6.52. The van der Waals surface area contributed by atoms with Crippen LogP contribution in [0.3, 0.4) is 0 Å². The molecule has 1 aromatic carbocycles. The van der Waals surface area contributed by atoms with Gasteiger partial charge in [0.25, 0.3) is 0 Å². The average Bonchev–Trinajstić information content (AvgIpc) is 3.42. The van der Waals surface area contributed by atoms with E-state index in [4.69, 9.17) is 15.2 Å². The summed E-state index contributed by atoms with van der Waals surface area (Å²) in [6.07, 6.45) is 2.26. The van der Waals surface area contributed by atoms with Crippen LogP contribution in [0.1, 0.15) is 18.7 Å². The minimum atomic E-state index is 0.153. The van der Waals surface area contributed by atoms with E-state index >= 15 is 0 Å². The molecule has 164 valence electrons. The molecule has 0 radical (unpaired) electrons. The molecule has 1 fully saturated rings. The van der Waals surface area contributed by atoms with Gasteiger partial charge in [-0.2, -0.15) is 15.0 Å². The third kappa shape index (κ3) is 5.05. The van der Waals surface area contributed by atoms with Crippen LogP contribution in [-0.4, -0.2) is 63.6 Å². The first kappa shape index (κ1) is 21.3. The molecule has 1 atom stereocenters. The highest BCUT2D eigenvalue weighted by Crippen LogP contribution is 2.29. The Morgan fingerprint density at radius 3 is 2.68 bits per heavy atom. The summed E-state index contributed by atoms with van der Waals surface area (Å²) in [7, 11) is 5.38. The van der Waals surface area contributed by atoms with Crippen LogP contribution in [0.25, 0.3) is 11.4 Å². The Morgan fingerprint density at radius 1 is 1.19 bits per heavy atom. The summed E-state index contributed by atoms with van der Waals surface area (Å²) in [6.45, 7) is 1.49. The summed E-state index contributed by atoms with van der Waals surface area (Å²) in [5, 5.41) is 9.70. The number of methoxy groups -OCH3 is 1. The summed E-state index contributed by atoms with van der Waals surface area (Å²) < 4.78 is 13.3. The molecule has 0 bridgehead atoms. The number of anilines is 2. The van der Waals surface area contributed by atoms with Gasteiger partial charge in [0.2, 0.25) is 11.9 Å². The van der Waals surface area contributed by atoms with E-state index in [9.17, 15) is 0 Å². The lowest BCUT2D eigenvalue weighted by Crippen LogP contribution is -2.17. The summed E-state index contributed by atoms with van der Waals surface area (Å²) >= 11 is 1.52. The molecule has 1 saturated heterocycles. The second-order valence-corrected chi connectivity index (χ2v) is 8.32. The molecular weight excluding hydrogens is 416 g/mol. The maximum Gasteiger partial charge on any atom is 0.229 e. The molecule has 1 aliphatic heterocycles. The number of hydrogen-bond donors (Lipinski definition) is 1. The molecule has 1 unspecified atom stereocenters. The zero-order valence-electron chi connectivity index (χ0n) is 17.9. The van der Waals surface area contributed by atoms with Crippen LogP contribution in [-0.2, 0) is 17.0 Å². The van der Waals surface area contributed by atoms with Gasteiger partial charge in [-0.25, -0.2) is 0 Å². The fourth-order valence-electron chi connectivity index (χ4n) is 3.32. The van der Waals surface area contributed by atoms with E-state index in [2.05, 4.69) is 29.7 Å². The van der Waals surface area contributed by atoms with Crippen molar-refractivity contribution in [3.05, 3.63) is 30.1 Å². The van der Waals surface area contributed by atoms with E-state index in [0.29, 0.717) is 24.1 Å².